The predicted octanol–water partition coefficient (Wildman–Crippen LogP) is 5.57. The number of hydrogen-bond acceptors (Lipinski definition) is 4. The number of aryl methyl sites for hydroxylation is 1. The van der Waals surface area contributed by atoms with Crippen LogP contribution in [0.5, 0.6) is 0 Å². The first-order valence-electron chi connectivity index (χ1n) is 10.6. The molecule has 1 N–H and O–H groups in total. The number of carbonyl (C=O) groups excluding carboxylic acids is 2. The van der Waals surface area contributed by atoms with E-state index < -0.39 is 5.92 Å². The number of carbonyl (C=O) groups is 2. The van der Waals surface area contributed by atoms with Crippen LogP contribution in [0, 0.1) is 6.92 Å². The number of ether oxygens (including phenoxy) is 1. The van der Waals surface area contributed by atoms with Crippen molar-refractivity contribution in [2.24, 2.45) is 0 Å². The minimum absolute atomic E-state index is 0.0635. The maximum Gasteiger partial charge on any atom is 0.336 e. The molecule has 4 rings (SSSR count). The Hall–Kier alpha value is -2.85. The molecular weight excluding hydrogens is 410 g/mol. The molecule has 5 heteroatoms. The van der Waals surface area contributed by atoms with Gasteiger partial charge in [-0.1, -0.05) is 53.6 Å². The first kappa shape index (κ1) is 21.4. The SMILES string of the molecule is CCOC(=O)C1=C(C)NC2=C(C(=O)C[C@@H](c3ccc(Cl)cc3)C2)[C@H]1c1ccc(C)cc1. The molecule has 2 atom stereocenters. The summed E-state index contributed by atoms with van der Waals surface area (Å²) in [6.07, 6.45) is 1.11. The summed E-state index contributed by atoms with van der Waals surface area (Å²) < 4.78 is 5.36. The van der Waals surface area contributed by atoms with E-state index in [0.717, 1.165) is 28.1 Å². The van der Waals surface area contributed by atoms with Crippen LogP contribution in [0.1, 0.15) is 55.2 Å². The van der Waals surface area contributed by atoms with Gasteiger partial charge < -0.3 is 10.1 Å². The van der Waals surface area contributed by atoms with Crippen LogP contribution in [-0.2, 0) is 14.3 Å². The highest BCUT2D eigenvalue weighted by Gasteiger charge is 2.41. The van der Waals surface area contributed by atoms with Gasteiger partial charge in [-0.15, -0.1) is 0 Å². The Morgan fingerprint density at radius 3 is 2.32 bits per heavy atom. The third-order valence-corrected chi connectivity index (χ3v) is 6.33. The van der Waals surface area contributed by atoms with Crippen molar-refractivity contribution in [1.29, 1.82) is 0 Å². The Morgan fingerprint density at radius 1 is 1.03 bits per heavy atom. The molecule has 2 aromatic carbocycles. The highest BCUT2D eigenvalue weighted by atomic mass is 35.5. The lowest BCUT2D eigenvalue weighted by molar-refractivity contribution is -0.138. The average molecular weight is 436 g/mol. The molecule has 2 aromatic rings. The normalized spacial score (nSPS) is 21.0. The smallest absolute Gasteiger partial charge is 0.336 e. The zero-order valence-corrected chi connectivity index (χ0v) is 18.8. The number of ketones is 1. The Kier molecular flexibility index (Phi) is 6.01. The van der Waals surface area contributed by atoms with Crippen molar-refractivity contribution in [3.63, 3.8) is 0 Å². The Labute approximate surface area is 187 Å². The van der Waals surface area contributed by atoms with Crippen molar-refractivity contribution >= 4 is 23.4 Å². The molecule has 0 spiro atoms. The van der Waals surface area contributed by atoms with E-state index in [1.807, 2.05) is 62.4 Å². The summed E-state index contributed by atoms with van der Waals surface area (Å²) in [5, 5.41) is 4.05. The molecule has 0 saturated heterocycles. The van der Waals surface area contributed by atoms with Crippen molar-refractivity contribution in [2.75, 3.05) is 6.61 Å². The second kappa shape index (κ2) is 8.72. The summed E-state index contributed by atoms with van der Waals surface area (Å²) in [5.41, 5.74) is 5.99. The van der Waals surface area contributed by atoms with Gasteiger partial charge in [0.25, 0.3) is 0 Å². The molecule has 0 bridgehead atoms. The lowest BCUT2D eigenvalue weighted by Crippen LogP contribution is -2.36. The number of halogens is 1. The van der Waals surface area contributed by atoms with Gasteiger partial charge in [-0.25, -0.2) is 4.79 Å². The molecular formula is C26H26ClNO3. The molecule has 2 aliphatic rings. The second-order valence-corrected chi connectivity index (χ2v) is 8.64. The van der Waals surface area contributed by atoms with Crippen LogP contribution in [0.15, 0.2) is 71.1 Å². The van der Waals surface area contributed by atoms with Crippen LogP contribution in [0.4, 0.5) is 0 Å². The molecule has 0 aromatic heterocycles. The quantitative estimate of drug-likeness (QED) is 0.637. The van der Waals surface area contributed by atoms with Crippen LogP contribution in [0.2, 0.25) is 5.02 Å². The van der Waals surface area contributed by atoms with Crippen molar-refractivity contribution in [1.82, 2.24) is 5.32 Å². The fourth-order valence-electron chi connectivity index (χ4n) is 4.58. The molecule has 0 saturated carbocycles. The highest BCUT2D eigenvalue weighted by Crippen LogP contribution is 2.45. The molecule has 1 heterocycles. The van der Waals surface area contributed by atoms with E-state index in [1.165, 1.54) is 0 Å². The van der Waals surface area contributed by atoms with E-state index in [1.54, 1.807) is 6.92 Å². The number of benzene rings is 2. The van der Waals surface area contributed by atoms with Crippen molar-refractivity contribution < 1.29 is 14.3 Å². The van der Waals surface area contributed by atoms with Gasteiger partial charge in [0.05, 0.1) is 12.2 Å². The largest absolute Gasteiger partial charge is 0.463 e. The number of esters is 1. The lowest BCUT2D eigenvalue weighted by atomic mass is 9.71. The fourth-order valence-corrected chi connectivity index (χ4v) is 4.71. The van der Waals surface area contributed by atoms with Crippen LogP contribution in [0.3, 0.4) is 0 Å². The van der Waals surface area contributed by atoms with Gasteiger partial charge in [-0.3, -0.25) is 4.79 Å². The van der Waals surface area contributed by atoms with E-state index in [0.29, 0.717) is 29.0 Å². The summed E-state index contributed by atoms with van der Waals surface area (Å²) >= 11 is 6.04. The topological polar surface area (TPSA) is 55.4 Å². The molecule has 0 amide bonds. The Morgan fingerprint density at radius 2 is 1.68 bits per heavy atom. The first-order chi connectivity index (χ1) is 14.9. The fraction of sp³-hybridized carbons (Fsp3) is 0.308. The van der Waals surface area contributed by atoms with Gasteiger partial charge in [-0.2, -0.15) is 0 Å². The average Bonchev–Trinajstić information content (AvgIpc) is 2.74. The van der Waals surface area contributed by atoms with Gasteiger partial charge in [0, 0.05) is 34.3 Å². The van der Waals surface area contributed by atoms with Gasteiger partial charge >= 0.3 is 5.97 Å². The van der Waals surface area contributed by atoms with Crippen LogP contribution in [0.25, 0.3) is 0 Å². The van der Waals surface area contributed by atoms with E-state index in [9.17, 15) is 9.59 Å². The van der Waals surface area contributed by atoms with E-state index in [-0.39, 0.29) is 24.3 Å². The summed E-state index contributed by atoms with van der Waals surface area (Å²) in [7, 11) is 0. The number of nitrogens with one attached hydrogen (secondary N) is 1. The molecule has 0 unspecified atom stereocenters. The maximum atomic E-state index is 13.5. The third kappa shape index (κ3) is 4.17. The van der Waals surface area contributed by atoms with Crippen molar-refractivity contribution in [2.45, 2.75) is 45.4 Å². The van der Waals surface area contributed by atoms with Crippen LogP contribution < -0.4 is 5.32 Å². The minimum atomic E-state index is -0.422. The maximum absolute atomic E-state index is 13.5. The lowest BCUT2D eigenvalue weighted by Gasteiger charge is -2.36. The number of Topliss-reactive ketones (excluding diaryl/α,β-unsaturated/α-hetero) is 1. The molecule has 1 aliphatic heterocycles. The summed E-state index contributed by atoms with van der Waals surface area (Å²) in [6, 6.07) is 15.7. The number of allylic oxidation sites excluding steroid dienone is 3. The summed E-state index contributed by atoms with van der Waals surface area (Å²) in [5.74, 6) is -0.660. The monoisotopic (exact) mass is 435 g/mol. The zero-order valence-electron chi connectivity index (χ0n) is 18.0. The Bertz CT molecular complexity index is 1080. The molecule has 4 nitrogen and oxygen atoms in total. The van der Waals surface area contributed by atoms with Crippen molar-refractivity contribution in [3.05, 3.63) is 92.8 Å². The van der Waals surface area contributed by atoms with E-state index in [2.05, 4.69) is 5.32 Å². The Balaban J connectivity index is 1.78. The van der Waals surface area contributed by atoms with Gasteiger partial charge in [0.1, 0.15) is 0 Å². The van der Waals surface area contributed by atoms with Crippen molar-refractivity contribution in [3.8, 4) is 0 Å². The third-order valence-electron chi connectivity index (χ3n) is 6.08. The number of rotatable bonds is 4. The molecule has 160 valence electrons. The van der Waals surface area contributed by atoms with Gasteiger partial charge in [-0.05, 0) is 56.4 Å². The predicted molar refractivity (Wildman–Crippen MR) is 122 cm³/mol. The number of dihydropyridines is 1. The van der Waals surface area contributed by atoms with Gasteiger partial charge in [0.2, 0.25) is 0 Å². The minimum Gasteiger partial charge on any atom is -0.463 e. The zero-order chi connectivity index (χ0) is 22.1. The summed E-state index contributed by atoms with van der Waals surface area (Å²) in [6.45, 7) is 5.98. The standard InChI is InChI=1S/C26H26ClNO3/c1-4-31-26(30)23-16(3)28-21-13-19(17-9-11-20(27)12-10-17)14-22(29)25(21)24(23)18-7-5-15(2)6-8-18/h5-12,19,24,28H,4,13-14H2,1-3H3/t19-,24-/m0/s1. The van der Waals surface area contributed by atoms with Crippen LogP contribution >= 0.6 is 11.6 Å². The molecule has 1 aliphatic carbocycles. The molecule has 0 fully saturated rings. The molecule has 31 heavy (non-hydrogen) atoms. The highest BCUT2D eigenvalue weighted by molar-refractivity contribution is 6.30. The van der Waals surface area contributed by atoms with E-state index >= 15 is 0 Å². The summed E-state index contributed by atoms with van der Waals surface area (Å²) in [4.78, 5) is 26.4. The first-order valence-corrected chi connectivity index (χ1v) is 11.0. The van der Waals surface area contributed by atoms with Crippen LogP contribution in [-0.4, -0.2) is 18.4 Å². The number of hydrogen-bond donors (Lipinski definition) is 1. The molecule has 0 radical (unpaired) electrons. The van der Waals surface area contributed by atoms with E-state index in [4.69, 9.17) is 16.3 Å². The second-order valence-electron chi connectivity index (χ2n) is 8.20. The van der Waals surface area contributed by atoms with Gasteiger partial charge in [0.15, 0.2) is 5.78 Å².